The average molecular weight is 397 g/mol. The number of aliphatic hydroxyl groups excluding tert-OH is 2. The molecule has 2 unspecified atom stereocenters. The fraction of sp³-hybridized carbons (Fsp3) is 0.150. The van der Waals surface area contributed by atoms with Crippen LogP contribution in [0.4, 0.5) is 0 Å². The Morgan fingerprint density at radius 1 is 1.10 bits per heavy atom. The van der Waals surface area contributed by atoms with Crippen LogP contribution < -0.4 is 5.73 Å². The number of hydrogen-bond donors (Lipinski definition) is 6. The summed E-state index contributed by atoms with van der Waals surface area (Å²) in [5, 5.41) is 52.9. The molecule has 148 valence electrons. The second kappa shape index (κ2) is 5.58. The molecule has 0 saturated carbocycles. The van der Waals surface area contributed by atoms with Crippen LogP contribution in [0.2, 0.25) is 0 Å². The summed E-state index contributed by atoms with van der Waals surface area (Å²) >= 11 is 0. The van der Waals surface area contributed by atoms with Crippen LogP contribution in [-0.2, 0) is 9.59 Å². The Bertz CT molecular complexity index is 1240. The van der Waals surface area contributed by atoms with E-state index in [1.165, 1.54) is 25.1 Å². The Morgan fingerprint density at radius 3 is 2.38 bits per heavy atom. The van der Waals surface area contributed by atoms with Crippen molar-refractivity contribution in [2.75, 3.05) is 0 Å². The molecule has 0 saturated heterocycles. The van der Waals surface area contributed by atoms with Gasteiger partial charge in [0.1, 0.15) is 23.0 Å². The number of fused-ring (bicyclic) bond motifs is 3. The van der Waals surface area contributed by atoms with Crippen LogP contribution in [0.3, 0.4) is 0 Å². The van der Waals surface area contributed by atoms with Crippen LogP contribution in [-0.4, -0.2) is 48.6 Å². The summed E-state index contributed by atoms with van der Waals surface area (Å²) in [6.07, 6.45) is 0.746. The Morgan fingerprint density at radius 2 is 1.76 bits per heavy atom. The number of phenols is 2. The topological polar surface area (TPSA) is 178 Å². The van der Waals surface area contributed by atoms with Crippen molar-refractivity contribution < 1.29 is 39.9 Å². The van der Waals surface area contributed by atoms with Crippen molar-refractivity contribution in [3.8, 4) is 11.5 Å². The molecule has 9 nitrogen and oxygen atoms in total. The van der Waals surface area contributed by atoms with Gasteiger partial charge in [-0.1, -0.05) is 12.1 Å². The van der Waals surface area contributed by atoms with Gasteiger partial charge in [-0.3, -0.25) is 14.4 Å². The van der Waals surface area contributed by atoms with E-state index >= 15 is 0 Å². The minimum atomic E-state index is -3.05. The molecule has 2 atom stereocenters. The Kier molecular flexibility index (Phi) is 3.56. The number of hydrogen-bond acceptors (Lipinski definition) is 8. The number of Topliss-reactive ketones (excluding diaryl/α,β-unsaturated/α-hetero) is 2. The molecule has 0 aromatic heterocycles. The maximum absolute atomic E-state index is 13.2. The van der Waals surface area contributed by atoms with Crippen molar-refractivity contribution in [1.29, 1.82) is 0 Å². The molecular weight excluding hydrogens is 382 g/mol. The summed E-state index contributed by atoms with van der Waals surface area (Å²) in [7, 11) is 0. The van der Waals surface area contributed by atoms with Gasteiger partial charge in [0.25, 0.3) is 0 Å². The van der Waals surface area contributed by atoms with E-state index in [2.05, 4.69) is 0 Å². The average Bonchev–Trinajstić information content (AvgIpc) is 2.65. The number of carbonyl (C=O) groups excluding carboxylic acids is 3. The van der Waals surface area contributed by atoms with Gasteiger partial charge in [0, 0.05) is 11.1 Å². The molecule has 7 N–H and O–H groups in total. The molecule has 1 amide bonds. The zero-order valence-corrected chi connectivity index (χ0v) is 14.9. The van der Waals surface area contributed by atoms with Crippen molar-refractivity contribution in [3.05, 3.63) is 52.3 Å². The van der Waals surface area contributed by atoms with Gasteiger partial charge >= 0.3 is 0 Å². The van der Waals surface area contributed by atoms with Gasteiger partial charge in [-0.2, -0.15) is 0 Å². The molecule has 0 bridgehead atoms. The van der Waals surface area contributed by atoms with E-state index in [1.54, 1.807) is 0 Å². The third kappa shape index (κ3) is 2.04. The Labute approximate surface area is 162 Å². The number of nitrogens with two attached hydrogens (primary N) is 1. The summed E-state index contributed by atoms with van der Waals surface area (Å²) in [4.78, 5) is 37.6. The minimum absolute atomic E-state index is 0.106. The lowest BCUT2D eigenvalue weighted by Crippen LogP contribution is -2.57. The number of carbonyl (C=O) groups is 3. The highest BCUT2D eigenvalue weighted by Crippen LogP contribution is 2.50. The Hall–Kier alpha value is -3.85. The van der Waals surface area contributed by atoms with Crippen LogP contribution in [0, 0.1) is 12.8 Å². The predicted octanol–water partition coefficient (Wildman–Crippen LogP) is 0.882. The summed E-state index contributed by atoms with van der Waals surface area (Å²) in [6, 6.07) is 4.30. The molecule has 0 spiro atoms. The number of aryl methyl sites for hydroxylation is 1. The van der Waals surface area contributed by atoms with Crippen molar-refractivity contribution in [2.24, 2.45) is 11.7 Å². The number of primary amides is 1. The highest BCUT2D eigenvalue weighted by molar-refractivity contribution is 6.31. The maximum atomic E-state index is 13.2. The lowest BCUT2D eigenvalue weighted by Gasteiger charge is -2.37. The number of aliphatic hydroxyl groups is 3. The molecule has 2 aliphatic rings. The van der Waals surface area contributed by atoms with E-state index in [0.717, 1.165) is 6.08 Å². The van der Waals surface area contributed by atoms with Crippen molar-refractivity contribution in [3.63, 3.8) is 0 Å². The van der Waals surface area contributed by atoms with Crippen LogP contribution in [0.25, 0.3) is 16.5 Å². The van der Waals surface area contributed by atoms with Crippen LogP contribution in [0.5, 0.6) is 11.5 Å². The molecule has 0 fully saturated rings. The van der Waals surface area contributed by atoms with Crippen LogP contribution in [0.1, 0.15) is 21.5 Å². The van der Waals surface area contributed by atoms with E-state index in [0.29, 0.717) is 5.39 Å². The highest BCUT2D eigenvalue weighted by atomic mass is 16.3. The number of amides is 1. The van der Waals surface area contributed by atoms with Gasteiger partial charge in [-0.25, -0.2) is 0 Å². The molecule has 29 heavy (non-hydrogen) atoms. The normalized spacial score (nSPS) is 23.7. The second-order valence-corrected chi connectivity index (χ2v) is 6.99. The monoisotopic (exact) mass is 397 g/mol. The number of ketones is 2. The maximum Gasteiger partial charge on any atom is 0.235 e. The van der Waals surface area contributed by atoms with Gasteiger partial charge in [0.05, 0.1) is 10.9 Å². The second-order valence-electron chi connectivity index (χ2n) is 6.99. The largest absolute Gasteiger partial charge is 0.511 e. The fourth-order valence-electron chi connectivity index (χ4n) is 4.06. The van der Waals surface area contributed by atoms with Gasteiger partial charge in [0.15, 0.2) is 11.7 Å². The fourth-order valence-corrected chi connectivity index (χ4v) is 4.06. The van der Waals surface area contributed by atoms with E-state index in [-0.39, 0.29) is 22.3 Å². The standard InChI is InChI=1S/C20H15NO8/c1-6-7-3-2-4-9(22)12(7)16(25)14-11(6)15(24)8-5-10(23)13(19(21)28)17(26)20(8,29)18(14)27/h2-5,13,22-25,29H,1H3,(H2,21,28). The first-order valence-corrected chi connectivity index (χ1v) is 8.46. The lowest BCUT2D eigenvalue weighted by atomic mass is 9.67. The number of aromatic hydroxyl groups is 2. The lowest BCUT2D eigenvalue weighted by molar-refractivity contribution is -0.140. The van der Waals surface area contributed by atoms with Crippen LogP contribution in [0.15, 0.2) is 35.6 Å². The summed E-state index contributed by atoms with van der Waals surface area (Å²) < 4.78 is 0. The molecule has 0 heterocycles. The van der Waals surface area contributed by atoms with Gasteiger partial charge in [0.2, 0.25) is 17.3 Å². The molecule has 4 rings (SSSR count). The molecule has 2 aliphatic carbocycles. The van der Waals surface area contributed by atoms with Gasteiger partial charge in [-0.05, 0) is 30.0 Å². The number of rotatable bonds is 1. The summed E-state index contributed by atoms with van der Waals surface area (Å²) in [5.41, 5.74) is 0.950. The van der Waals surface area contributed by atoms with E-state index < -0.39 is 57.4 Å². The molecular formula is C20H15NO8. The first kappa shape index (κ1) is 18.5. The van der Waals surface area contributed by atoms with Gasteiger partial charge in [-0.15, -0.1) is 0 Å². The van der Waals surface area contributed by atoms with E-state index in [4.69, 9.17) is 5.73 Å². The zero-order chi connectivity index (χ0) is 21.4. The van der Waals surface area contributed by atoms with Crippen molar-refractivity contribution >= 4 is 34.0 Å². The van der Waals surface area contributed by atoms with Crippen LogP contribution >= 0.6 is 0 Å². The SMILES string of the molecule is Cc1c2c(c(O)c3c(O)cccc13)C(=O)C1(O)C(=O)C(C(N)=O)C(O)=CC1=C2O. The van der Waals surface area contributed by atoms with Gasteiger partial charge < -0.3 is 31.3 Å². The summed E-state index contributed by atoms with van der Waals surface area (Å²) in [5.74, 6) is -8.73. The number of benzene rings is 2. The quantitative estimate of drug-likeness (QED) is 0.384. The minimum Gasteiger partial charge on any atom is -0.511 e. The zero-order valence-electron chi connectivity index (χ0n) is 14.9. The van der Waals surface area contributed by atoms with Crippen molar-refractivity contribution in [1.82, 2.24) is 0 Å². The van der Waals surface area contributed by atoms with Crippen molar-refractivity contribution in [2.45, 2.75) is 12.5 Å². The molecule has 0 radical (unpaired) electrons. The first-order chi connectivity index (χ1) is 13.5. The first-order valence-electron chi connectivity index (χ1n) is 8.46. The molecule has 2 aromatic carbocycles. The predicted molar refractivity (Wildman–Crippen MR) is 99.2 cm³/mol. The summed E-state index contributed by atoms with van der Waals surface area (Å²) in [6.45, 7) is 1.51. The smallest absolute Gasteiger partial charge is 0.235 e. The molecule has 0 aliphatic heterocycles. The molecule has 2 aromatic rings. The third-order valence-electron chi connectivity index (χ3n) is 5.47. The molecule has 9 heteroatoms. The highest BCUT2D eigenvalue weighted by Gasteiger charge is 2.59. The third-order valence-corrected chi connectivity index (χ3v) is 5.47. The van der Waals surface area contributed by atoms with E-state index in [1.807, 2.05) is 0 Å². The number of phenolic OH excluding ortho intramolecular Hbond substituents is 2. The van der Waals surface area contributed by atoms with E-state index in [9.17, 15) is 39.9 Å². The Balaban J connectivity index is 2.19.